The van der Waals surface area contributed by atoms with Gasteiger partial charge < -0.3 is 9.64 Å². The Bertz CT molecular complexity index is 521. The quantitative estimate of drug-likeness (QED) is 0.350. The third kappa shape index (κ3) is 4.12. The van der Waals surface area contributed by atoms with Gasteiger partial charge in [-0.25, -0.2) is 0 Å². The minimum Gasteiger partial charge on any atom is -0.377 e. The summed E-state index contributed by atoms with van der Waals surface area (Å²) in [6, 6.07) is 2.91. The van der Waals surface area contributed by atoms with Crippen molar-refractivity contribution in [3.05, 3.63) is 39.8 Å². The number of carbonyl (C=O) groups is 1. The molecular formula is C14H18N2O4S. The lowest BCUT2D eigenvalue weighted by molar-refractivity contribution is -0.380. The third-order valence-corrected chi connectivity index (χ3v) is 4.50. The van der Waals surface area contributed by atoms with Crippen molar-refractivity contribution in [3.8, 4) is 0 Å². The molecule has 0 atom stereocenters. The molecule has 0 aliphatic carbocycles. The van der Waals surface area contributed by atoms with E-state index in [1.54, 1.807) is 11.0 Å². The number of piperidine rings is 1. The highest BCUT2D eigenvalue weighted by Gasteiger charge is 2.25. The predicted molar refractivity (Wildman–Crippen MR) is 80.6 cm³/mol. The number of likely N-dealkylation sites (tertiary alicyclic amines) is 1. The van der Waals surface area contributed by atoms with Crippen LogP contribution in [0.5, 0.6) is 0 Å². The Balaban J connectivity index is 1.84. The molecule has 0 bridgehead atoms. The maximum atomic E-state index is 12.3. The van der Waals surface area contributed by atoms with Crippen LogP contribution in [0.4, 0.5) is 5.00 Å². The summed E-state index contributed by atoms with van der Waals surface area (Å²) in [7, 11) is 0. The van der Waals surface area contributed by atoms with Crippen LogP contribution in [0.1, 0.15) is 22.5 Å². The van der Waals surface area contributed by atoms with Gasteiger partial charge in [-0.05, 0) is 24.8 Å². The molecule has 0 unspecified atom stereocenters. The van der Waals surface area contributed by atoms with Crippen LogP contribution in [-0.2, 0) is 4.74 Å². The van der Waals surface area contributed by atoms with E-state index >= 15 is 0 Å². The monoisotopic (exact) mass is 310 g/mol. The van der Waals surface area contributed by atoms with E-state index in [9.17, 15) is 14.9 Å². The van der Waals surface area contributed by atoms with Crippen molar-refractivity contribution in [1.82, 2.24) is 4.90 Å². The Morgan fingerprint density at radius 2 is 2.24 bits per heavy atom. The van der Waals surface area contributed by atoms with Gasteiger partial charge in [0.15, 0.2) is 0 Å². The van der Waals surface area contributed by atoms with E-state index in [4.69, 9.17) is 4.74 Å². The number of nitrogens with zero attached hydrogens (tertiary/aromatic N) is 2. The molecule has 21 heavy (non-hydrogen) atoms. The predicted octanol–water partition coefficient (Wildman–Crippen LogP) is 2.71. The molecule has 0 spiro atoms. The molecule has 1 aromatic heterocycles. The smallest absolute Gasteiger partial charge is 0.324 e. The molecular weight excluding hydrogens is 292 g/mol. The van der Waals surface area contributed by atoms with Crippen molar-refractivity contribution < 1.29 is 14.5 Å². The largest absolute Gasteiger partial charge is 0.377 e. The Labute approximate surface area is 127 Å². The van der Waals surface area contributed by atoms with Crippen LogP contribution in [0.2, 0.25) is 0 Å². The molecule has 1 saturated heterocycles. The molecule has 1 fully saturated rings. The summed E-state index contributed by atoms with van der Waals surface area (Å²) in [5, 5.41) is 10.7. The van der Waals surface area contributed by atoms with Crippen LogP contribution in [0.3, 0.4) is 0 Å². The molecule has 0 N–H and O–H groups in total. The molecule has 1 aromatic rings. The first kappa shape index (κ1) is 15.7. The Morgan fingerprint density at radius 3 is 2.81 bits per heavy atom. The number of ether oxygens (including phenoxy) is 1. The molecule has 114 valence electrons. The minimum atomic E-state index is -0.468. The van der Waals surface area contributed by atoms with E-state index in [0.29, 0.717) is 37.1 Å². The highest BCUT2D eigenvalue weighted by molar-refractivity contribution is 7.17. The van der Waals surface area contributed by atoms with Gasteiger partial charge in [0, 0.05) is 25.8 Å². The average Bonchev–Trinajstić information content (AvgIpc) is 2.97. The number of thiophene rings is 1. The summed E-state index contributed by atoms with van der Waals surface area (Å²) in [6.07, 6.45) is 3.52. The van der Waals surface area contributed by atoms with Crippen molar-refractivity contribution in [1.29, 1.82) is 0 Å². The van der Waals surface area contributed by atoms with Crippen molar-refractivity contribution in [2.45, 2.75) is 12.8 Å². The Hall–Kier alpha value is -1.73. The summed E-state index contributed by atoms with van der Waals surface area (Å²) in [4.78, 5) is 24.7. The number of amides is 1. The third-order valence-electron chi connectivity index (χ3n) is 3.47. The van der Waals surface area contributed by atoms with Crippen LogP contribution < -0.4 is 0 Å². The lowest BCUT2D eigenvalue weighted by atomic mass is 9.98. The van der Waals surface area contributed by atoms with E-state index in [1.165, 1.54) is 12.1 Å². The van der Waals surface area contributed by atoms with Gasteiger partial charge in [-0.1, -0.05) is 17.4 Å². The zero-order chi connectivity index (χ0) is 15.2. The van der Waals surface area contributed by atoms with Crippen LogP contribution >= 0.6 is 11.3 Å². The number of rotatable bonds is 6. The topological polar surface area (TPSA) is 72.7 Å². The van der Waals surface area contributed by atoms with Gasteiger partial charge in [-0.15, -0.1) is 6.58 Å². The highest BCUT2D eigenvalue weighted by atomic mass is 32.1. The fourth-order valence-corrected chi connectivity index (χ4v) is 3.11. The SMILES string of the molecule is C=CCOCC1CCN(C(=O)c2ccc([N+](=O)[O-])s2)CC1. The molecule has 1 amide bonds. The molecule has 6 nitrogen and oxygen atoms in total. The maximum absolute atomic E-state index is 12.3. The molecule has 2 heterocycles. The fourth-order valence-electron chi connectivity index (χ4n) is 2.32. The first-order valence-corrected chi connectivity index (χ1v) is 7.65. The van der Waals surface area contributed by atoms with E-state index in [-0.39, 0.29) is 10.9 Å². The fraction of sp³-hybridized carbons (Fsp3) is 0.500. The van der Waals surface area contributed by atoms with Crippen molar-refractivity contribution >= 4 is 22.2 Å². The van der Waals surface area contributed by atoms with E-state index < -0.39 is 4.92 Å². The minimum absolute atomic E-state index is 0.00561. The van der Waals surface area contributed by atoms with E-state index in [0.717, 1.165) is 24.2 Å². The lowest BCUT2D eigenvalue weighted by Gasteiger charge is -2.31. The second kappa shape index (κ2) is 7.33. The molecule has 1 aliphatic heterocycles. The van der Waals surface area contributed by atoms with Gasteiger partial charge in [-0.3, -0.25) is 14.9 Å². The summed E-state index contributed by atoms with van der Waals surface area (Å²) < 4.78 is 5.44. The van der Waals surface area contributed by atoms with Gasteiger partial charge in [0.05, 0.1) is 16.4 Å². The van der Waals surface area contributed by atoms with Gasteiger partial charge in [0.2, 0.25) is 0 Å². The first-order chi connectivity index (χ1) is 10.1. The lowest BCUT2D eigenvalue weighted by Crippen LogP contribution is -2.39. The summed E-state index contributed by atoms with van der Waals surface area (Å²) in [6.45, 7) is 6.19. The number of nitro groups is 1. The van der Waals surface area contributed by atoms with Gasteiger partial charge in [0.1, 0.15) is 0 Å². The zero-order valence-electron chi connectivity index (χ0n) is 11.7. The van der Waals surface area contributed by atoms with Crippen molar-refractivity contribution in [3.63, 3.8) is 0 Å². The number of hydrogen-bond acceptors (Lipinski definition) is 5. The van der Waals surface area contributed by atoms with Crippen molar-refractivity contribution in [2.24, 2.45) is 5.92 Å². The van der Waals surface area contributed by atoms with E-state index in [2.05, 4.69) is 6.58 Å². The molecule has 2 rings (SSSR count). The number of hydrogen-bond donors (Lipinski definition) is 0. The average molecular weight is 310 g/mol. The Kier molecular flexibility index (Phi) is 5.46. The van der Waals surface area contributed by atoms with Gasteiger partial charge in [-0.2, -0.15) is 0 Å². The van der Waals surface area contributed by atoms with E-state index in [1.807, 2.05) is 0 Å². The van der Waals surface area contributed by atoms with Crippen LogP contribution in [0, 0.1) is 16.0 Å². The molecule has 0 saturated carbocycles. The normalized spacial score (nSPS) is 15.9. The maximum Gasteiger partial charge on any atom is 0.324 e. The highest BCUT2D eigenvalue weighted by Crippen LogP contribution is 2.27. The van der Waals surface area contributed by atoms with Crippen LogP contribution in [0.15, 0.2) is 24.8 Å². The molecule has 7 heteroatoms. The zero-order valence-corrected chi connectivity index (χ0v) is 12.5. The summed E-state index contributed by atoms with van der Waals surface area (Å²) in [5.74, 6) is 0.352. The molecule has 0 radical (unpaired) electrons. The molecule has 1 aliphatic rings. The van der Waals surface area contributed by atoms with Crippen molar-refractivity contribution in [2.75, 3.05) is 26.3 Å². The number of carbonyl (C=O) groups excluding carboxylic acids is 1. The van der Waals surface area contributed by atoms with Crippen LogP contribution in [-0.4, -0.2) is 42.0 Å². The van der Waals surface area contributed by atoms with Gasteiger partial charge in [0.25, 0.3) is 5.91 Å². The standard InChI is InChI=1S/C14H18N2O4S/c1-2-9-20-10-11-5-7-15(8-6-11)14(17)12-3-4-13(21-12)16(18)19/h2-4,11H,1,5-10H2. The van der Waals surface area contributed by atoms with Gasteiger partial charge >= 0.3 is 5.00 Å². The first-order valence-electron chi connectivity index (χ1n) is 6.84. The second-order valence-corrected chi connectivity index (χ2v) is 6.02. The van der Waals surface area contributed by atoms with Crippen LogP contribution in [0.25, 0.3) is 0 Å². The summed E-state index contributed by atoms with van der Waals surface area (Å²) >= 11 is 0.934. The summed E-state index contributed by atoms with van der Waals surface area (Å²) in [5.41, 5.74) is 0. The molecule has 0 aromatic carbocycles. The second-order valence-electron chi connectivity index (χ2n) is 4.96. The Morgan fingerprint density at radius 1 is 1.52 bits per heavy atom.